The van der Waals surface area contributed by atoms with Gasteiger partial charge in [-0.3, -0.25) is 4.79 Å². The Balaban J connectivity index is 3.00. The fourth-order valence-corrected chi connectivity index (χ4v) is 3.11. The first-order valence-corrected chi connectivity index (χ1v) is 10.9. The third-order valence-corrected chi connectivity index (χ3v) is 5.27. The van der Waals surface area contributed by atoms with E-state index in [9.17, 15) is 14.7 Å². The Labute approximate surface area is 180 Å². The number of hydrogen-bond acceptors (Lipinski definition) is 6. The predicted octanol–water partition coefficient (Wildman–Crippen LogP) is 4.42. The van der Waals surface area contributed by atoms with Crippen LogP contribution < -0.4 is 4.74 Å². The smallest absolute Gasteiger partial charge is 0.344 e. The van der Waals surface area contributed by atoms with Gasteiger partial charge in [-0.1, -0.05) is 45.7 Å². The summed E-state index contributed by atoms with van der Waals surface area (Å²) in [6.45, 7) is 10.3. The highest BCUT2D eigenvalue weighted by Gasteiger charge is 2.37. The van der Waals surface area contributed by atoms with Crippen LogP contribution in [0.4, 0.5) is 0 Å². The van der Waals surface area contributed by atoms with Gasteiger partial charge in [0, 0.05) is 6.61 Å². The maximum atomic E-state index is 13.0. The van der Waals surface area contributed by atoms with E-state index in [1.165, 1.54) is 0 Å². The second-order valence-corrected chi connectivity index (χ2v) is 8.62. The molecule has 1 rings (SSSR count). The van der Waals surface area contributed by atoms with Crippen molar-refractivity contribution in [2.24, 2.45) is 5.41 Å². The third-order valence-electron chi connectivity index (χ3n) is 5.27. The van der Waals surface area contributed by atoms with Gasteiger partial charge in [0.05, 0.1) is 18.6 Å². The number of aliphatic hydroxyl groups is 1. The lowest BCUT2D eigenvalue weighted by Crippen LogP contribution is -2.35. The Hall–Kier alpha value is -2.08. The van der Waals surface area contributed by atoms with Crippen molar-refractivity contribution in [3.8, 4) is 5.75 Å². The minimum Gasteiger partial charge on any atom is -0.482 e. The molecule has 0 amide bonds. The molecule has 0 aliphatic heterocycles. The van der Waals surface area contributed by atoms with E-state index in [1.807, 2.05) is 39.8 Å². The number of carbonyl (C=O) groups is 2. The van der Waals surface area contributed by atoms with Gasteiger partial charge in [0.25, 0.3) is 0 Å². The van der Waals surface area contributed by atoms with E-state index < -0.39 is 11.4 Å². The summed E-state index contributed by atoms with van der Waals surface area (Å²) in [4.78, 5) is 24.6. The van der Waals surface area contributed by atoms with Crippen molar-refractivity contribution in [1.29, 1.82) is 0 Å². The summed E-state index contributed by atoms with van der Waals surface area (Å²) in [5, 5.41) is 9.53. The SMILES string of the molecule is CCCCOC(=O)C(C)(CCCC(C)(C)CO)c1cccc(OCC(=O)OCC)c1. The van der Waals surface area contributed by atoms with E-state index in [0.29, 0.717) is 25.4 Å². The minimum absolute atomic E-state index is 0.0991. The molecule has 0 saturated heterocycles. The Kier molecular flexibility index (Phi) is 10.9. The van der Waals surface area contributed by atoms with Crippen molar-refractivity contribution < 1.29 is 28.9 Å². The summed E-state index contributed by atoms with van der Waals surface area (Å²) in [6.07, 6.45) is 3.91. The predicted molar refractivity (Wildman–Crippen MR) is 117 cm³/mol. The monoisotopic (exact) mass is 422 g/mol. The highest BCUT2D eigenvalue weighted by atomic mass is 16.6. The van der Waals surface area contributed by atoms with Crippen molar-refractivity contribution in [3.05, 3.63) is 29.8 Å². The van der Waals surface area contributed by atoms with Gasteiger partial charge in [0.1, 0.15) is 5.75 Å². The largest absolute Gasteiger partial charge is 0.482 e. The number of esters is 2. The Morgan fingerprint density at radius 3 is 2.40 bits per heavy atom. The van der Waals surface area contributed by atoms with Crippen LogP contribution in [0.5, 0.6) is 5.75 Å². The van der Waals surface area contributed by atoms with E-state index in [1.54, 1.807) is 19.1 Å². The number of rotatable bonds is 14. The van der Waals surface area contributed by atoms with Crippen molar-refractivity contribution in [2.75, 3.05) is 26.4 Å². The molecule has 0 spiro atoms. The summed E-state index contributed by atoms with van der Waals surface area (Å²) in [5.74, 6) is -0.194. The number of benzene rings is 1. The maximum absolute atomic E-state index is 13.0. The van der Waals surface area contributed by atoms with Crippen molar-refractivity contribution in [2.45, 2.75) is 72.1 Å². The number of unbranched alkanes of at least 4 members (excludes halogenated alkanes) is 1. The van der Waals surface area contributed by atoms with Crippen LogP contribution in [0.1, 0.15) is 72.3 Å². The van der Waals surface area contributed by atoms with Crippen LogP contribution in [-0.4, -0.2) is 43.5 Å². The fraction of sp³-hybridized carbons (Fsp3) is 0.667. The molecule has 0 aliphatic carbocycles. The fourth-order valence-electron chi connectivity index (χ4n) is 3.11. The number of carbonyl (C=O) groups excluding carboxylic acids is 2. The molecule has 6 heteroatoms. The molecule has 0 saturated carbocycles. The molecule has 0 aromatic heterocycles. The standard InChI is InChI=1S/C24H38O6/c1-6-8-15-29-22(27)24(5,14-10-13-23(3,4)18-25)19-11-9-12-20(16-19)30-17-21(26)28-7-2/h9,11-12,16,25H,6-8,10,13-15,17-18H2,1-5H3. The lowest BCUT2D eigenvalue weighted by atomic mass is 9.76. The van der Waals surface area contributed by atoms with Gasteiger partial charge < -0.3 is 19.3 Å². The van der Waals surface area contributed by atoms with Gasteiger partial charge in [-0.15, -0.1) is 0 Å². The van der Waals surface area contributed by atoms with Crippen LogP contribution in [0.25, 0.3) is 0 Å². The van der Waals surface area contributed by atoms with E-state index >= 15 is 0 Å². The Morgan fingerprint density at radius 1 is 1.03 bits per heavy atom. The topological polar surface area (TPSA) is 82.1 Å². The number of ether oxygens (including phenoxy) is 3. The number of aliphatic hydroxyl groups excluding tert-OH is 1. The molecular formula is C24H38O6. The molecule has 0 aliphatic rings. The molecule has 0 fully saturated rings. The molecule has 6 nitrogen and oxygen atoms in total. The summed E-state index contributed by atoms with van der Waals surface area (Å²) in [5.41, 5.74) is -0.257. The maximum Gasteiger partial charge on any atom is 0.344 e. The minimum atomic E-state index is -0.845. The van der Waals surface area contributed by atoms with Crippen molar-refractivity contribution in [3.63, 3.8) is 0 Å². The lowest BCUT2D eigenvalue weighted by Gasteiger charge is -2.30. The molecular weight excluding hydrogens is 384 g/mol. The van der Waals surface area contributed by atoms with E-state index in [4.69, 9.17) is 14.2 Å². The summed E-state index contributed by atoms with van der Waals surface area (Å²) >= 11 is 0. The average Bonchev–Trinajstić information content (AvgIpc) is 2.72. The lowest BCUT2D eigenvalue weighted by molar-refractivity contribution is -0.150. The molecule has 0 bridgehead atoms. The zero-order valence-electron chi connectivity index (χ0n) is 19.2. The molecule has 170 valence electrons. The van der Waals surface area contributed by atoms with Gasteiger partial charge in [-0.05, 0) is 56.2 Å². The summed E-state index contributed by atoms with van der Waals surface area (Å²) < 4.78 is 16.0. The molecule has 0 radical (unpaired) electrons. The molecule has 1 N–H and O–H groups in total. The van der Waals surface area contributed by atoms with E-state index in [0.717, 1.165) is 31.2 Å². The zero-order chi connectivity index (χ0) is 22.6. The van der Waals surface area contributed by atoms with Crippen molar-refractivity contribution in [1.82, 2.24) is 0 Å². The molecule has 1 aromatic rings. The average molecular weight is 423 g/mol. The molecule has 0 heterocycles. The van der Waals surface area contributed by atoms with Crippen LogP contribution >= 0.6 is 0 Å². The van der Waals surface area contributed by atoms with Crippen LogP contribution in [0.15, 0.2) is 24.3 Å². The van der Waals surface area contributed by atoms with Crippen LogP contribution in [0.2, 0.25) is 0 Å². The molecule has 1 unspecified atom stereocenters. The second kappa shape index (κ2) is 12.6. The summed E-state index contributed by atoms with van der Waals surface area (Å²) in [7, 11) is 0. The first kappa shape index (κ1) is 26.0. The van der Waals surface area contributed by atoms with Crippen LogP contribution in [-0.2, 0) is 24.5 Å². The molecule has 30 heavy (non-hydrogen) atoms. The second-order valence-electron chi connectivity index (χ2n) is 8.62. The molecule has 1 atom stereocenters. The Morgan fingerprint density at radius 2 is 1.77 bits per heavy atom. The van der Waals surface area contributed by atoms with Gasteiger partial charge in [0.2, 0.25) is 0 Å². The van der Waals surface area contributed by atoms with Crippen LogP contribution in [0, 0.1) is 5.41 Å². The summed E-state index contributed by atoms with van der Waals surface area (Å²) in [6, 6.07) is 7.23. The molecule has 1 aromatic carbocycles. The highest BCUT2D eigenvalue weighted by molar-refractivity contribution is 5.83. The highest BCUT2D eigenvalue weighted by Crippen LogP contribution is 2.35. The van der Waals surface area contributed by atoms with E-state index in [2.05, 4.69) is 0 Å². The first-order valence-electron chi connectivity index (χ1n) is 10.9. The van der Waals surface area contributed by atoms with Gasteiger partial charge in [-0.25, -0.2) is 4.79 Å². The Bertz CT molecular complexity index is 669. The van der Waals surface area contributed by atoms with Crippen LogP contribution in [0.3, 0.4) is 0 Å². The first-order chi connectivity index (χ1) is 14.2. The van der Waals surface area contributed by atoms with Gasteiger partial charge >= 0.3 is 11.9 Å². The number of hydrogen-bond donors (Lipinski definition) is 1. The van der Waals surface area contributed by atoms with Gasteiger partial charge in [-0.2, -0.15) is 0 Å². The quantitative estimate of drug-likeness (QED) is 0.353. The van der Waals surface area contributed by atoms with E-state index in [-0.39, 0.29) is 24.6 Å². The van der Waals surface area contributed by atoms with Crippen molar-refractivity contribution >= 4 is 11.9 Å². The third kappa shape index (κ3) is 8.34. The van der Waals surface area contributed by atoms with Gasteiger partial charge in [0.15, 0.2) is 6.61 Å². The zero-order valence-corrected chi connectivity index (χ0v) is 19.2. The normalized spacial score (nSPS) is 13.4.